The number of carbonyl (C=O) groups is 1. The Kier molecular flexibility index (Phi) is 6.91. The Labute approximate surface area is 210 Å². The fourth-order valence-electron chi connectivity index (χ4n) is 3.44. The van der Waals surface area contributed by atoms with Gasteiger partial charge in [-0.2, -0.15) is 15.1 Å². The predicted molar refractivity (Wildman–Crippen MR) is 140 cm³/mol. The maximum Gasteiger partial charge on any atom is 0.324 e. The fraction of sp³-hybridized carbons (Fsp3) is 0.259. The molecule has 4 aromatic rings. The molecule has 9 nitrogen and oxygen atoms in total. The fourth-order valence-corrected chi connectivity index (χ4v) is 3.44. The van der Waals surface area contributed by atoms with Gasteiger partial charge in [0.15, 0.2) is 5.82 Å². The molecule has 0 spiro atoms. The number of urea groups is 1. The van der Waals surface area contributed by atoms with Gasteiger partial charge in [-0.15, -0.1) is 0 Å². The monoisotopic (exact) mass is 486 g/mol. The summed E-state index contributed by atoms with van der Waals surface area (Å²) in [6.45, 7) is 8.29. The second kappa shape index (κ2) is 10.1. The highest BCUT2D eigenvalue weighted by molar-refractivity contribution is 5.99. The molecular formula is C27H30N6O3. The second-order valence-electron chi connectivity index (χ2n) is 9.34. The van der Waals surface area contributed by atoms with Crippen molar-refractivity contribution in [2.24, 2.45) is 0 Å². The number of methoxy groups -OCH3 is 2. The summed E-state index contributed by atoms with van der Waals surface area (Å²) in [4.78, 5) is 21.6. The molecule has 4 rings (SSSR count). The molecule has 0 saturated heterocycles. The second-order valence-corrected chi connectivity index (χ2v) is 9.34. The van der Waals surface area contributed by atoms with Crippen molar-refractivity contribution in [1.82, 2.24) is 19.7 Å². The van der Waals surface area contributed by atoms with Crippen LogP contribution in [0.25, 0.3) is 17.1 Å². The van der Waals surface area contributed by atoms with E-state index in [1.807, 2.05) is 49.4 Å². The van der Waals surface area contributed by atoms with Crippen LogP contribution in [0.2, 0.25) is 0 Å². The van der Waals surface area contributed by atoms with Crippen LogP contribution < -0.4 is 20.1 Å². The largest absolute Gasteiger partial charge is 0.481 e. The number of nitrogens with zero attached hydrogens (tertiary/aromatic N) is 4. The first-order chi connectivity index (χ1) is 17.2. The summed E-state index contributed by atoms with van der Waals surface area (Å²) in [7, 11) is 3.07. The van der Waals surface area contributed by atoms with E-state index >= 15 is 0 Å². The van der Waals surface area contributed by atoms with Gasteiger partial charge in [-0.25, -0.2) is 9.48 Å². The van der Waals surface area contributed by atoms with E-state index in [1.165, 1.54) is 14.2 Å². The Morgan fingerprint density at radius 3 is 2.03 bits per heavy atom. The lowest BCUT2D eigenvalue weighted by Gasteiger charge is -2.14. The number of hydrogen-bond acceptors (Lipinski definition) is 6. The van der Waals surface area contributed by atoms with Gasteiger partial charge in [0.05, 0.1) is 31.7 Å². The van der Waals surface area contributed by atoms with Crippen molar-refractivity contribution in [2.45, 2.75) is 33.1 Å². The highest BCUT2D eigenvalue weighted by Crippen LogP contribution is 2.27. The van der Waals surface area contributed by atoms with E-state index in [4.69, 9.17) is 14.6 Å². The van der Waals surface area contributed by atoms with Crippen molar-refractivity contribution < 1.29 is 14.3 Å². The number of aromatic nitrogens is 4. The van der Waals surface area contributed by atoms with Gasteiger partial charge in [-0.1, -0.05) is 38.5 Å². The molecule has 2 N–H and O–H groups in total. The summed E-state index contributed by atoms with van der Waals surface area (Å²) >= 11 is 0. The summed E-state index contributed by atoms with van der Waals surface area (Å²) in [5, 5.41) is 10.6. The maximum atomic E-state index is 12.9. The molecule has 2 aromatic carbocycles. The van der Waals surface area contributed by atoms with E-state index in [-0.39, 0.29) is 11.4 Å². The zero-order chi connectivity index (χ0) is 25.9. The van der Waals surface area contributed by atoms with Gasteiger partial charge < -0.3 is 14.8 Å². The van der Waals surface area contributed by atoms with Gasteiger partial charge in [-0.05, 0) is 43.3 Å². The van der Waals surface area contributed by atoms with Gasteiger partial charge in [0.25, 0.3) is 0 Å². The molecule has 0 radical (unpaired) electrons. The number of amides is 2. The number of carbonyl (C=O) groups excluding carboxylic acids is 1. The molecule has 0 saturated carbocycles. The molecule has 0 atom stereocenters. The Bertz CT molecular complexity index is 1330. The van der Waals surface area contributed by atoms with Crippen molar-refractivity contribution in [3.8, 4) is 28.8 Å². The van der Waals surface area contributed by atoms with Gasteiger partial charge in [0.1, 0.15) is 5.82 Å². The summed E-state index contributed by atoms with van der Waals surface area (Å²) in [5.41, 5.74) is 4.08. The lowest BCUT2D eigenvalue weighted by Crippen LogP contribution is -2.21. The minimum absolute atomic E-state index is 0.177. The minimum atomic E-state index is -0.379. The van der Waals surface area contributed by atoms with E-state index < -0.39 is 0 Å². The van der Waals surface area contributed by atoms with Crippen LogP contribution in [-0.4, -0.2) is 40.0 Å². The van der Waals surface area contributed by atoms with E-state index in [2.05, 4.69) is 41.4 Å². The molecule has 9 heteroatoms. The summed E-state index contributed by atoms with van der Waals surface area (Å²) in [5.74, 6) is 1.84. The van der Waals surface area contributed by atoms with Crippen LogP contribution in [0.4, 0.5) is 16.3 Å². The maximum absolute atomic E-state index is 12.9. The molecule has 186 valence electrons. The van der Waals surface area contributed by atoms with Crippen LogP contribution in [0.15, 0.2) is 60.7 Å². The molecule has 0 aliphatic carbocycles. The predicted octanol–water partition coefficient (Wildman–Crippen LogP) is 5.60. The first-order valence-electron chi connectivity index (χ1n) is 11.5. The number of aryl methyl sites for hydroxylation is 1. The Balaban J connectivity index is 1.53. The lowest BCUT2D eigenvalue weighted by molar-refractivity contribution is 0.262. The van der Waals surface area contributed by atoms with E-state index in [0.717, 1.165) is 22.5 Å². The van der Waals surface area contributed by atoms with Crippen LogP contribution >= 0.6 is 0 Å². The molecule has 2 heterocycles. The molecule has 0 aliphatic rings. The summed E-state index contributed by atoms with van der Waals surface area (Å²) < 4.78 is 12.2. The third-order valence-electron chi connectivity index (χ3n) is 5.50. The summed E-state index contributed by atoms with van der Waals surface area (Å²) in [6.07, 6.45) is 0. The molecular weight excluding hydrogens is 456 g/mol. The summed E-state index contributed by atoms with van der Waals surface area (Å²) in [6, 6.07) is 18.3. The van der Waals surface area contributed by atoms with Crippen molar-refractivity contribution in [3.63, 3.8) is 0 Å². The van der Waals surface area contributed by atoms with E-state index in [1.54, 1.807) is 22.9 Å². The molecule has 0 fully saturated rings. The van der Waals surface area contributed by atoms with Crippen molar-refractivity contribution in [3.05, 3.63) is 71.9 Å². The van der Waals surface area contributed by atoms with Crippen molar-refractivity contribution in [1.29, 1.82) is 0 Å². The first-order valence-corrected chi connectivity index (χ1v) is 11.5. The normalized spacial score (nSPS) is 11.2. The van der Waals surface area contributed by atoms with Crippen molar-refractivity contribution >= 4 is 17.5 Å². The average Bonchev–Trinajstić information content (AvgIpc) is 3.28. The smallest absolute Gasteiger partial charge is 0.324 e. The number of nitrogens with one attached hydrogen (secondary N) is 2. The van der Waals surface area contributed by atoms with Crippen LogP contribution in [0.1, 0.15) is 32.0 Å². The topological polar surface area (TPSA) is 103 Å². The number of rotatable bonds is 6. The van der Waals surface area contributed by atoms with Crippen LogP contribution in [0.5, 0.6) is 11.8 Å². The molecule has 0 bridgehead atoms. The third-order valence-corrected chi connectivity index (χ3v) is 5.50. The van der Waals surface area contributed by atoms with Crippen molar-refractivity contribution in [2.75, 3.05) is 24.9 Å². The van der Waals surface area contributed by atoms with Crippen LogP contribution in [-0.2, 0) is 5.41 Å². The standard InChI is InChI=1S/C27H30N6O3/c1-17-7-13-20(14-8-17)33-22(15-21(32-33)27(2,3)4)29-26(34)28-19-11-9-18(10-12-19)25-30-23(35-5)16-24(31-25)36-6/h7-16H,1-6H3,(H2,28,29,34). The zero-order valence-corrected chi connectivity index (χ0v) is 21.3. The Morgan fingerprint density at radius 1 is 0.861 bits per heavy atom. The van der Waals surface area contributed by atoms with Crippen LogP contribution in [0.3, 0.4) is 0 Å². The van der Waals surface area contributed by atoms with Gasteiger partial charge in [0.2, 0.25) is 11.8 Å². The van der Waals surface area contributed by atoms with E-state index in [9.17, 15) is 4.79 Å². The number of benzene rings is 2. The van der Waals surface area contributed by atoms with Gasteiger partial charge >= 0.3 is 6.03 Å². The van der Waals surface area contributed by atoms with Gasteiger partial charge in [-0.3, -0.25) is 5.32 Å². The average molecular weight is 487 g/mol. The highest BCUT2D eigenvalue weighted by Gasteiger charge is 2.21. The SMILES string of the molecule is COc1cc(OC)nc(-c2ccc(NC(=O)Nc3cc(C(C)(C)C)nn3-c3ccc(C)cc3)cc2)n1. The Morgan fingerprint density at radius 2 is 1.47 bits per heavy atom. The number of hydrogen-bond donors (Lipinski definition) is 2. The number of anilines is 2. The minimum Gasteiger partial charge on any atom is -0.481 e. The first kappa shape index (κ1) is 24.7. The molecule has 0 aliphatic heterocycles. The highest BCUT2D eigenvalue weighted by atomic mass is 16.5. The number of ether oxygens (including phenoxy) is 2. The third kappa shape index (κ3) is 5.63. The van der Waals surface area contributed by atoms with Gasteiger partial charge in [0, 0.05) is 22.7 Å². The Hall–Kier alpha value is -4.40. The zero-order valence-electron chi connectivity index (χ0n) is 21.3. The molecule has 36 heavy (non-hydrogen) atoms. The molecule has 0 unspecified atom stereocenters. The quantitative estimate of drug-likeness (QED) is 0.368. The molecule has 2 aromatic heterocycles. The van der Waals surface area contributed by atoms with E-state index in [0.29, 0.717) is 29.1 Å². The molecule has 2 amide bonds. The lowest BCUT2D eigenvalue weighted by atomic mass is 9.92. The van der Waals surface area contributed by atoms with Crippen LogP contribution in [0, 0.1) is 6.92 Å².